The van der Waals surface area contributed by atoms with Crippen molar-refractivity contribution in [1.82, 2.24) is 5.01 Å². The lowest BCUT2D eigenvalue weighted by molar-refractivity contribution is -0.134. The van der Waals surface area contributed by atoms with Crippen LogP contribution in [0.4, 0.5) is 4.39 Å². The van der Waals surface area contributed by atoms with Crippen LogP contribution in [0, 0.1) is 32.5 Å². The highest BCUT2D eigenvalue weighted by atomic mass is 32.2. The van der Waals surface area contributed by atoms with Crippen LogP contribution in [0.5, 0.6) is 0 Å². The minimum absolute atomic E-state index is 0.0680. The van der Waals surface area contributed by atoms with Crippen LogP contribution < -0.4 is 11.6 Å². The summed E-state index contributed by atoms with van der Waals surface area (Å²) in [5.74, 6) is 5.84. The summed E-state index contributed by atoms with van der Waals surface area (Å²) < 4.78 is 14.7. The Morgan fingerprint density at radius 1 is 1.19 bits per heavy atom. The van der Waals surface area contributed by atoms with E-state index in [-0.39, 0.29) is 17.6 Å². The maximum atomic E-state index is 14.7. The molecule has 0 aliphatic carbocycles. The molecule has 2 aromatic rings. The van der Waals surface area contributed by atoms with Crippen LogP contribution >= 0.6 is 11.8 Å². The third-order valence-corrected chi connectivity index (χ3v) is 7.27. The van der Waals surface area contributed by atoms with Gasteiger partial charge in [0.25, 0.3) is 0 Å². The molecule has 0 aromatic heterocycles. The molecule has 2 rings (SSSR count). The van der Waals surface area contributed by atoms with Crippen molar-refractivity contribution in [2.45, 2.75) is 52.3 Å². The number of nitrogens with two attached hydrogens (primary N) is 2. The lowest BCUT2D eigenvalue weighted by Crippen LogP contribution is -2.55. The number of benzene rings is 2. The minimum atomic E-state index is -0.983. The van der Waals surface area contributed by atoms with Crippen molar-refractivity contribution in [3.05, 3.63) is 76.6 Å². The van der Waals surface area contributed by atoms with Gasteiger partial charge in [-0.05, 0) is 69.3 Å². The lowest BCUT2D eigenvalue weighted by Gasteiger charge is -2.47. The number of hydrogen-bond donors (Lipinski definition) is 2. The summed E-state index contributed by atoms with van der Waals surface area (Å²) in [5.41, 5.74) is 10.3. The van der Waals surface area contributed by atoms with Crippen LogP contribution in [-0.4, -0.2) is 17.5 Å². The van der Waals surface area contributed by atoms with Gasteiger partial charge in [-0.15, -0.1) is 0 Å². The van der Waals surface area contributed by atoms with Crippen LogP contribution in [0.1, 0.15) is 54.5 Å². The van der Waals surface area contributed by atoms with Crippen molar-refractivity contribution in [3.63, 3.8) is 0 Å². The van der Waals surface area contributed by atoms with E-state index in [4.69, 9.17) is 11.6 Å². The van der Waals surface area contributed by atoms with Gasteiger partial charge in [0.15, 0.2) is 0 Å². The fraction of sp³-hybridized carbons (Fsp3) is 0.400. The van der Waals surface area contributed by atoms with Crippen LogP contribution in [0.2, 0.25) is 0 Å². The second-order valence-electron chi connectivity index (χ2n) is 8.09. The Morgan fingerprint density at radius 2 is 1.81 bits per heavy atom. The van der Waals surface area contributed by atoms with Gasteiger partial charge in [-0.2, -0.15) is 0 Å². The predicted molar refractivity (Wildman–Crippen MR) is 130 cm³/mol. The first-order valence-electron chi connectivity index (χ1n) is 10.6. The maximum Gasteiger partial charge on any atom is 0.235 e. The Bertz CT molecular complexity index is 962. The molecule has 2 atom stereocenters. The van der Waals surface area contributed by atoms with Gasteiger partial charge in [0.1, 0.15) is 10.7 Å². The van der Waals surface area contributed by atoms with E-state index in [1.165, 1.54) is 29.8 Å². The van der Waals surface area contributed by atoms with Crippen LogP contribution in [0.3, 0.4) is 0 Å². The second kappa shape index (κ2) is 10.4. The zero-order valence-electron chi connectivity index (χ0n) is 19.2. The molecular formula is C25H34FN3OS. The van der Waals surface area contributed by atoms with E-state index in [1.807, 2.05) is 32.9 Å². The highest BCUT2D eigenvalue weighted by Crippen LogP contribution is 2.53. The Morgan fingerprint density at radius 3 is 2.39 bits per heavy atom. The molecule has 1 amide bonds. The van der Waals surface area contributed by atoms with Gasteiger partial charge in [0, 0.05) is 17.4 Å². The molecule has 2 aromatic carbocycles. The quantitative estimate of drug-likeness (QED) is 0.235. The molecule has 0 bridgehead atoms. The van der Waals surface area contributed by atoms with E-state index in [2.05, 4.69) is 19.6 Å². The van der Waals surface area contributed by atoms with E-state index in [1.54, 1.807) is 12.1 Å². The largest absolute Gasteiger partial charge is 0.330 e. The summed E-state index contributed by atoms with van der Waals surface area (Å²) in [6, 6.07) is 11.1. The molecule has 31 heavy (non-hydrogen) atoms. The Labute approximate surface area is 189 Å². The summed E-state index contributed by atoms with van der Waals surface area (Å²) in [4.78, 5) is 12.2. The summed E-state index contributed by atoms with van der Waals surface area (Å²) in [6.45, 7) is 14.1. The first-order valence-corrected chi connectivity index (χ1v) is 11.4. The van der Waals surface area contributed by atoms with Crippen LogP contribution in [0.25, 0.3) is 4.91 Å². The first-order chi connectivity index (χ1) is 14.6. The van der Waals surface area contributed by atoms with Gasteiger partial charge >= 0.3 is 0 Å². The SMILES string of the molecule is C=C(S[C@@](c1cc(C)ccc1C)([C@@H](CC)CCN)N(N)C(C)=O)c1cc(C)ccc1F. The molecule has 0 unspecified atom stereocenters. The highest BCUT2D eigenvalue weighted by Gasteiger charge is 2.47. The number of carbonyl (C=O) groups is 1. The summed E-state index contributed by atoms with van der Waals surface area (Å²) >= 11 is 1.34. The number of amides is 1. The molecule has 0 fully saturated rings. The van der Waals surface area contributed by atoms with Gasteiger partial charge in [0.2, 0.25) is 5.91 Å². The number of carbonyl (C=O) groups excluding carboxylic acids is 1. The van der Waals surface area contributed by atoms with E-state index >= 15 is 0 Å². The number of rotatable bonds is 9. The maximum absolute atomic E-state index is 14.7. The highest BCUT2D eigenvalue weighted by molar-refractivity contribution is 8.09. The predicted octanol–water partition coefficient (Wildman–Crippen LogP) is 5.41. The number of nitrogens with zero attached hydrogens (tertiary/aromatic N) is 1. The molecule has 0 heterocycles. The van der Waals surface area contributed by atoms with Gasteiger partial charge in [-0.3, -0.25) is 9.80 Å². The normalized spacial score (nSPS) is 14.1. The monoisotopic (exact) mass is 443 g/mol. The Kier molecular flexibility index (Phi) is 8.46. The van der Waals surface area contributed by atoms with Crippen molar-refractivity contribution in [3.8, 4) is 0 Å². The van der Waals surface area contributed by atoms with Crippen molar-refractivity contribution < 1.29 is 9.18 Å². The number of thioether (sulfide) groups is 1. The average Bonchev–Trinajstić information content (AvgIpc) is 2.73. The lowest BCUT2D eigenvalue weighted by atomic mass is 9.84. The van der Waals surface area contributed by atoms with Crippen molar-refractivity contribution in [1.29, 1.82) is 0 Å². The number of halogens is 1. The molecule has 0 radical (unpaired) electrons. The molecule has 6 heteroatoms. The van der Waals surface area contributed by atoms with E-state index in [9.17, 15) is 9.18 Å². The number of hydrazine groups is 1. The summed E-state index contributed by atoms with van der Waals surface area (Å²) in [6.07, 6.45) is 1.39. The Hall–Kier alpha value is -2.15. The summed E-state index contributed by atoms with van der Waals surface area (Å²) in [5, 5.41) is 1.29. The van der Waals surface area contributed by atoms with E-state index < -0.39 is 4.87 Å². The van der Waals surface area contributed by atoms with Crippen molar-refractivity contribution >= 4 is 22.6 Å². The smallest absolute Gasteiger partial charge is 0.235 e. The fourth-order valence-electron chi connectivity index (χ4n) is 4.06. The van der Waals surface area contributed by atoms with Gasteiger partial charge in [-0.1, -0.05) is 60.7 Å². The van der Waals surface area contributed by atoms with Gasteiger partial charge in [0.05, 0.1) is 0 Å². The molecule has 0 saturated heterocycles. The standard InChI is InChI=1S/C25H34FN3OS/c1-7-21(12-13-27)25(29(28)20(6)30,23-15-17(3)8-10-18(23)4)31-19(5)22-14-16(2)9-11-24(22)26/h8-11,14-15,21H,5,7,12-13,27-28H2,1-4,6H3/t21-,25+/m0/s1. The van der Waals surface area contributed by atoms with Crippen LogP contribution in [-0.2, 0) is 9.67 Å². The van der Waals surface area contributed by atoms with Crippen molar-refractivity contribution in [2.24, 2.45) is 17.5 Å². The zero-order chi connectivity index (χ0) is 23.3. The average molecular weight is 444 g/mol. The molecule has 168 valence electrons. The molecule has 0 aliphatic rings. The molecule has 4 nitrogen and oxygen atoms in total. The third-order valence-electron chi connectivity index (χ3n) is 5.74. The number of aryl methyl sites for hydroxylation is 3. The third kappa shape index (κ3) is 5.20. The molecule has 0 aliphatic heterocycles. The molecule has 4 N–H and O–H groups in total. The molecule has 0 saturated carbocycles. The first kappa shape index (κ1) is 25.1. The van der Waals surface area contributed by atoms with Crippen molar-refractivity contribution in [2.75, 3.05) is 6.54 Å². The summed E-state index contributed by atoms with van der Waals surface area (Å²) in [7, 11) is 0. The van der Waals surface area contributed by atoms with Crippen LogP contribution in [0.15, 0.2) is 43.0 Å². The second-order valence-corrected chi connectivity index (χ2v) is 9.41. The Balaban J connectivity index is 2.80. The molecular weight excluding hydrogens is 409 g/mol. The zero-order valence-corrected chi connectivity index (χ0v) is 20.0. The van der Waals surface area contributed by atoms with Gasteiger partial charge in [-0.25, -0.2) is 10.2 Å². The van der Waals surface area contributed by atoms with Gasteiger partial charge < -0.3 is 5.73 Å². The van der Waals surface area contributed by atoms with E-state index in [0.29, 0.717) is 23.4 Å². The number of hydrogen-bond acceptors (Lipinski definition) is 4. The van der Waals surface area contributed by atoms with E-state index in [0.717, 1.165) is 28.7 Å². The molecule has 0 spiro atoms. The topological polar surface area (TPSA) is 72.3 Å². The fourth-order valence-corrected chi connectivity index (χ4v) is 5.71. The minimum Gasteiger partial charge on any atom is -0.330 e.